The molecule has 0 bridgehead atoms. The average molecular weight is 422 g/mol. The molecule has 0 aliphatic carbocycles. The summed E-state index contributed by atoms with van der Waals surface area (Å²) in [4.78, 5) is 12.5. The number of sulfonamides is 1. The highest BCUT2D eigenvalue weighted by atomic mass is 35.5. The molecule has 1 atom stereocenters. The number of rotatable bonds is 5. The van der Waals surface area contributed by atoms with E-state index in [2.05, 4.69) is 5.32 Å². The number of carbonyl (C=O) groups excluding carboxylic acids is 1. The van der Waals surface area contributed by atoms with Gasteiger partial charge < -0.3 is 5.32 Å². The second-order valence-corrected chi connectivity index (χ2v) is 8.44. The van der Waals surface area contributed by atoms with Gasteiger partial charge in [0.25, 0.3) is 0 Å². The Kier molecular flexibility index (Phi) is 6.21. The summed E-state index contributed by atoms with van der Waals surface area (Å²) in [5, 5.41) is 3.62. The van der Waals surface area contributed by atoms with E-state index in [1.54, 1.807) is 24.3 Å². The molecule has 2 aromatic rings. The van der Waals surface area contributed by atoms with Crippen molar-refractivity contribution in [2.45, 2.75) is 13.0 Å². The van der Waals surface area contributed by atoms with Crippen molar-refractivity contribution in [2.24, 2.45) is 0 Å². The third-order valence-corrected chi connectivity index (χ3v) is 5.55. The molecule has 1 unspecified atom stereocenters. The maximum Gasteiger partial charge on any atom is 0.247 e. The molecule has 0 saturated heterocycles. The van der Waals surface area contributed by atoms with Crippen molar-refractivity contribution < 1.29 is 13.2 Å². The van der Waals surface area contributed by atoms with Gasteiger partial charge in [-0.1, -0.05) is 40.9 Å². The van der Waals surface area contributed by atoms with E-state index in [-0.39, 0.29) is 5.02 Å². The fraction of sp³-hybridized carbons (Fsp3) is 0.188. The highest BCUT2D eigenvalue weighted by molar-refractivity contribution is 7.92. The van der Waals surface area contributed by atoms with E-state index in [1.165, 1.54) is 25.1 Å². The van der Waals surface area contributed by atoms with Crippen LogP contribution in [0.1, 0.15) is 6.92 Å². The highest BCUT2D eigenvalue weighted by Crippen LogP contribution is 2.27. The lowest BCUT2D eigenvalue weighted by Gasteiger charge is -2.28. The van der Waals surface area contributed by atoms with Crippen molar-refractivity contribution in [1.29, 1.82) is 0 Å². The number of hydrogen-bond acceptors (Lipinski definition) is 3. The van der Waals surface area contributed by atoms with Crippen LogP contribution >= 0.6 is 34.8 Å². The first-order valence-electron chi connectivity index (χ1n) is 7.10. The summed E-state index contributed by atoms with van der Waals surface area (Å²) in [5.41, 5.74) is 0.706. The van der Waals surface area contributed by atoms with Crippen LogP contribution in [-0.2, 0) is 14.8 Å². The zero-order valence-electron chi connectivity index (χ0n) is 13.3. The van der Waals surface area contributed by atoms with Gasteiger partial charge in [0.1, 0.15) is 6.04 Å². The van der Waals surface area contributed by atoms with Gasteiger partial charge in [0, 0.05) is 10.7 Å². The molecule has 0 aliphatic rings. The van der Waals surface area contributed by atoms with Gasteiger partial charge in [-0.25, -0.2) is 8.42 Å². The summed E-state index contributed by atoms with van der Waals surface area (Å²) >= 11 is 17.7. The lowest BCUT2D eigenvalue weighted by molar-refractivity contribution is -0.116. The van der Waals surface area contributed by atoms with Crippen molar-refractivity contribution in [3.05, 3.63) is 57.5 Å². The van der Waals surface area contributed by atoms with Gasteiger partial charge in [-0.05, 0) is 43.3 Å². The quantitative estimate of drug-likeness (QED) is 0.776. The molecule has 0 saturated carbocycles. The van der Waals surface area contributed by atoms with Crippen molar-refractivity contribution >= 4 is 62.1 Å². The van der Waals surface area contributed by atoms with Crippen LogP contribution in [0.5, 0.6) is 0 Å². The second-order valence-electron chi connectivity index (χ2n) is 5.33. The molecule has 0 aliphatic heterocycles. The Bertz CT molecular complexity index is 903. The molecule has 9 heteroatoms. The molecule has 1 N–H and O–H groups in total. The molecule has 0 fully saturated rings. The summed E-state index contributed by atoms with van der Waals surface area (Å²) in [6.45, 7) is 1.48. The maximum atomic E-state index is 12.5. The van der Waals surface area contributed by atoms with Crippen LogP contribution in [-0.4, -0.2) is 26.6 Å². The Morgan fingerprint density at radius 1 is 1.08 bits per heavy atom. The normalized spacial score (nSPS) is 12.5. The maximum absolute atomic E-state index is 12.5. The zero-order chi connectivity index (χ0) is 18.8. The number of benzene rings is 2. The van der Waals surface area contributed by atoms with Gasteiger partial charge in [-0.3, -0.25) is 9.10 Å². The minimum atomic E-state index is -3.72. The summed E-state index contributed by atoms with van der Waals surface area (Å²) in [5.74, 6) is -0.524. The first-order chi connectivity index (χ1) is 11.6. The molecule has 0 aromatic heterocycles. The molecule has 2 rings (SSSR count). The van der Waals surface area contributed by atoms with Crippen LogP contribution in [0.3, 0.4) is 0 Å². The standard InChI is InChI=1S/C16H15Cl3N2O3S/c1-10(16(22)20-12-6-7-14(18)15(19)9-12)21(25(2,23)24)13-5-3-4-11(17)8-13/h3-10H,1-2H3,(H,20,22). The fourth-order valence-electron chi connectivity index (χ4n) is 2.24. The first kappa shape index (κ1) is 19.8. The molecule has 5 nitrogen and oxygen atoms in total. The number of carbonyl (C=O) groups is 1. The van der Waals surface area contributed by atoms with Gasteiger partial charge >= 0.3 is 0 Å². The first-order valence-corrected chi connectivity index (χ1v) is 10.1. The number of nitrogens with one attached hydrogen (secondary N) is 1. The Morgan fingerprint density at radius 3 is 2.32 bits per heavy atom. The predicted molar refractivity (Wildman–Crippen MR) is 103 cm³/mol. The molecular formula is C16H15Cl3N2O3S. The third kappa shape index (κ3) is 5.01. The predicted octanol–water partition coefficient (Wildman–Crippen LogP) is 4.44. The summed E-state index contributed by atoms with van der Waals surface area (Å²) in [6, 6.07) is 9.85. The van der Waals surface area contributed by atoms with Crippen LogP contribution < -0.4 is 9.62 Å². The van der Waals surface area contributed by atoms with E-state index in [9.17, 15) is 13.2 Å². The van der Waals surface area contributed by atoms with Crippen molar-refractivity contribution in [3.8, 4) is 0 Å². The van der Waals surface area contributed by atoms with E-state index in [1.807, 2.05) is 0 Å². The topological polar surface area (TPSA) is 66.5 Å². The molecule has 25 heavy (non-hydrogen) atoms. The summed E-state index contributed by atoms with van der Waals surface area (Å²) < 4.78 is 25.4. The number of amides is 1. The smallest absolute Gasteiger partial charge is 0.247 e. The fourth-order valence-corrected chi connectivity index (χ4v) is 3.89. The SMILES string of the molecule is CC(C(=O)Nc1ccc(Cl)c(Cl)c1)N(c1cccc(Cl)c1)S(C)(=O)=O. The largest absolute Gasteiger partial charge is 0.324 e. The number of anilines is 2. The van der Waals surface area contributed by atoms with Crippen molar-refractivity contribution in [3.63, 3.8) is 0 Å². The van der Waals surface area contributed by atoms with Crippen molar-refractivity contribution in [1.82, 2.24) is 0 Å². The van der Waals surface area contributed by atoms with Crippen LogP contribution in [0.25, 0.3) is 0 Å². The molecular weight excluding hydrogens is 407 g/mol. The van der Waals surface area contributed by atoms with E-state index in [4.69, 9.17) is 34.8 Å². The van der Waals surface area contributed by atoms with Crippen molar-refractivity contribution in [2.75, 3.05) is 15.9 Å². The van der Waals surface area contributed by atoms with E-state index in [0.29, 0.717) is 21.4 Å². The van der Waals surface area contributed by atoms with E-state index >= 15 is 0 Å². The lowest BCUT2D eigenvalue weighted by atomic mass is 10.2. The van der Waals surface area contributed by atoms with Gasteiger partial charge in [-0.2, -0.15) is 0 Å². The monoisotopic (exact) mass is 420 g/mol. The van der Waals surface area contributed by atoms with Gasteiger partial charge in [0.05, 0.1) is 22.0 Å². The Morgan fingerprint density at radius 2 is 1.76 bits per heavy atom. The van der Waals surface area contributed by atoms with Crippen LogP contribution in [0.2, 0.25) is 15.1 Å². The molecule has 0 radical (unpaired) electrons. The zero-order valence-corrected chi connectivity index (χ0v) is 16.4. The average Bonchev–Trinajstić information content (AvgIpc) is 2.49. The molecule has 0 heterocycles. The Labute approximate surface area is 161 Å². The minimum absolute atomic E-state index is 0.280. The van der Waals surface area contributed by atoms with Gasteiger partial charge in [-0.15, -0.1) is 0 Å². The summed E-state index contributed by atoms with van der Waals surface area (Å²) in [7, 11) is -3.72. The number of nitrogens with zero attached hydrogens (tertiary/aromatic N) is 1. The molecule has 0 spiro atoms. The van der Waals surface area contributed by atoms with Gasteiger partial charge in [0.15, 0.2) is 0 Å². The Hall–Kier alpha value is -1.47. The van der Waals surface area contributed by atoms with E-state index in [0.717, 1.165) is 10.6 Å². The minimum Gasteiger partial charge on any atom is -0.324 e. The third-order valence-electron chi connectivity index (χ3n) is 3.34. The van der Waals surface area contributed by atoms with Gasteiger partial charge in [0.2, 0.25) is 15.9 Å². The number of halogens is 3. The summed E-state index contributed by atoms with van der Waals surface area (Å²) in [6.07, 6.45) is 1.02. The number of hydrogen-bond donors (Lipinski definition) is 1. The lowest BCUT2D eigenvalue weighted by Crippen LogP contribution is -2.45. The Balaban J connectivity index is 2.31. The van der Waals surface area contributed by atoms with E-state index < -0.39 is 22.0 Å². The van der Waals surface area contributed by atoms with Crippen LogP contribution in [0, 0.1) is 0 Å². The molecule has 2 aromatic carbocycles. The molecule has 134 valence electrons. The highest BCUT2D eigenvalue weighted by Gasteiger charge is 2.29. The molecule has 1 amide bonds. The van der Waals surface area contributed by atoms with Crippen LogP contribution in [0.15, 0.2) is 42.5 Å². The second kappa shape index (κ2) is 7.83. The van der Waals surface area contributed by atoms with Crippen LogP contribution in [0.4, 0.5) is 11.4 Å².